The van der Waals surface area contributed by atoms with Gasteiger partial charge in [0, 0.05) is 31.4 Å². The molecule has 1 saturated heterocycles. The third-order valence-electron chi connectivity index (χ3n) is 3.76. The van der Waals surface area contributed by atoms with Crippen LogP contribution in [0.1, 0.15) is 16.8 Å². The maximum Gasteiger partial charge on any atom is 0.252 e. The molecule has 1 amide bonds. The lowest BCUT2D eigenvalue weighted by Crippen LogP contribution is -2.40. The molecular weight excluding hydrogens is 301 g/mol. The number of hydrogen-bond acceptors (Lipinski definition) is 5. The highest BCUT2D eigenvalue weighted by Gasteiger charge is 2.33. The Hall–Kier alpha value is -2.77. The fraction of sp³-hybridized carbons (Fsp3) is 0.333. The van der Waals surface area contributed by atoms with Crippen molar-refractivity contribution in [3.05, 3.63) is 52.6 Å². The first-order chi connectivity index (χ1) is 11.1. The maximum atomic E-state index is 13.8. The fourth-order valence-corrected chi connectivity index (χ4v) is 2.64. The molecule has 3 heterocycles. The van der Waals surface area contributed by atoms with Gasteiger partial charge in [-0.15, -0.1) is 5.10 Å². The summed E-state index contributed by atoms with van der Waals surface area (Å²) in [5, 5.41) is 10.6. The van der Waals surface area contributed by atoms with Gasteiger partial charge in [0.15, 0.2) is 5.82 Å². The Bertz CT molecular complexity index is 716. The second-order valence-corrected chi connectivity index (χ2v) is 5.37. The van der Waals surface area contributed by atoms with E-state index in [0.717, 1.165) is 0 Å². The second kappa shape index (κ2) is 6.55. The van der Waals surface area contributed by atoms with Crippen LogP contribution in [0.3, 0.4) is 0 Å². The summed E-state index contributed by atoms with van der Waals surface area (Å²) in [7, 11) is 0. The van der Waals surface area contributed by atoms with Gasteiger partial charge in [-0.2, -0.15) is 5.10 Å². The molecule has 0 spiro atoms. The zero-order valence-corrected chi connectivity index (χ0v) is 12.3. The molecular formula is C15H16FN5O2. The summed E-state index contributed by atoms with van der Waals surface area (Å²) >= 11 is 0. The highest BCUT2D eigenvalue weighted by molar-refractivity contribution is 5.93. The Morgan fingerprint density at radius 3 is 3.00 bits per heavy atom. The molecule has 2 atom stereocenters. The summed E-state index contributed by atoms with van der Waals surface area (Å²) in [5.74, 6) is 0.276. The van der Waals surface area contributed by atoms with Crippen LogP contribution in [0.15, 0.2) is 41.5 Å². The molecule has 2 aromatic heterocycles. The highest BCUT2D eigenvalue weighted by atomic mass is 19.1. The van der Waals surface area contributed by atoms with Crippen LogP contribution in [-0.4, -0.2) is 46.4 Å². The number of nitrogens with zero attached hydrogens (tertiary/aromatic N) is 3. The van der Waals surface area contributed by atoms with Gasteiger partial charge in [0.25, 0.3) is 5.91 Å². The minimum atomic E-state index is -0.966. The van der Waals surface area contributed by atoms with Crippen LogP contribution < -0.4 is 15.8 Å². The van der Waals surface area contributed by atoms with Crippen LogP contribution >= 0.6 is 0 Å². The van der Waals surface area contributed by atoms with Crippen molar-refractivity contribution in [2.45, 2.75) is 18.6 Å². The first-order valence-corrected chi connectivity index (χ1v) is 7.29. The summed E-state index contributed by atoms with van der Waals surface area (Å²) in [4.78, 5) is 27.3. The van der Waals surface area contributed by atoms with Crippen molar-refractivity contribution in [2.75, 3.05) is 18.0 Å². The topological polar surface area (TPSA) is 91.0 Å². The minimum Gasteiger partial charge on any atom is -0.350 e. The van der Waals surface area contributed by atoms with Crippen LogP contribution in [0.4, 0.5) is 10.2 Å². The molecule has 2 N–H and O–H groups in total. The lowest BCUT2D eigenvalue weighted by molar-refractivity contribution is 0.0950. The smallest absolute Gasteiger partial charge is 0.252 e. The fourth-order valence-electron chi connectivity index (χ4n) is 2.64. The molecule has 1 fully saturated rings. The Labute approximate surface area is 131 Å². The van der Waals surface area contributed by atoms with Gasteiger partial charge >= 0.3 is 0 Å². The Kier molecular flexibility index (Phi) is 4.31. The molecule has 8 heteroatoms. The van der Waals surface area contributed by atoms with Crippen molar-refractivity contribution in [1.29, 1.82) is 0 Å². The van der Waals surface area contributed by atoms with Gasteiger partial charge < -0.3 is 15.2 Å². The van der Waals surface area contributed by atoms with Gasteiger partial charge in [0.1, 0.15) is 6.17 Å². The molecule has 7 nitrogen and oxygen atoms in total. The summed E-state index contributed by atoms with van der Waals surface area (Å²) in [6, 6.07) is 6.05. The van der Waals surface area contributed by atoms with E-state index in [4.69, 9.17) is 0 Å². The van der Waals surface area contributed by atoms with Crippen molar-refractivity contribution in [1.82, 2.24) is 20.5 Å². The van der Waals surface area contributed by atoms with Gasteiger partial charge in [0.05, 0.1) is 18.2 Å². The Balaban J connectivity index is 1.65. The van der Waals surface area contributed by atoms with Crippen molar-refractivity contribution in [2.24, 2.45) is 0 Å². The number of rotatable bonds is 4. The number of nitrogens with one attached hydrogen (secondary N) is 2. The van der Waals surface area contributed by atoms with E-state index in [9.17, 15) is 14.0 Å². The molecule has 1 aliphatic heterocycles. The zero-order valence-electron chi connectivity index (χ0n) is 12.3. The van der Waals surface area contributed by atoms with Crippen molar-refractivity contribution in [3.8, 4) is 0 Å². The van der Waals surface area contributed by atoms with Crippen molar-refractivity contribution in [3.63, 3.8) is 0 Å². The number of hydrogen-bond donors (Lipinski definition) is 2. The minimum absolute atomic E-state index is 0.187. The number of carbonyl (C=O) groups excluding carboxylic acids is 1. The van der Waals surface area contributed by atoms with E-state index in [1.165, 1.54) is 18.3 Å². The summed E-state index contributed by atoms with van der Waals surface area (Å²) in [6.45, 7) is 0.521. The predicted molar refractivity (Wildman–Crippen MR) is 82.1 cm³/mol. The van der Waals surface area contributed by atoms with Crippen molar-refractivity contribution < 1.29 is 9.18 Å². The molecule has 120 valence electrons. The summed E-state index contributed by atoms with van der Waals surface area (Å²) in [5.41, 5.74) is 0.0805. The number of H-pyrrole nitrogens is 1. The van der Waals surface area contributed by atoms with Gasteiger partial charge in [-0.1, -0.05) is 0 Å². The molecule has 1 aliphatic rings. The zero-order chi connectivity index (χ0) is 16.2. The average Bonchev–Trinajstić information content (AvgIpc) is 2.95. The molecule has 0 unspecified atom stereocenters. The molecule has 0 aromatic carbocycles. The Morgan fingerprint density at radius 2 is 2.30 bits per heavy atom. The van der Waals surface area contributed by atoms with Gasteiger partial charge in [-0.05, 0) is 18.2 Å². The SMILES string of the molecule is O=C(NC[C@@H]1C[C@H](F)CN1c1cccnn1)c1ccc(=O)[nH]c1. The van der Waals surface area contributed by atoms with Crippen molar-refractivity contribution >= 4 is 11.7 Å². The van der Waals surface area contributed by atoms with Gasteiger partial charge in [0.2, 0.25) is 5.56 Å². The lowest BCUT2D eigenvalue weighted by atomic mass is 10.2. The van der Waals surface area contributed by atoms with E-state index in [2.05, 4.69) is 20.5 Å². The van der Waals surface area contributed by atoms with Crippen LogP contribution in [-0.2, 0) is 0 Å². The van der Waals surface area contributed by atoms with E-state index in [1.54, 1.807) is 18.3 Å². The number of pyridine rings is 1. The van der Waals surface area contributed by atoms with E-state index in [1.807, 2.05) is 4.90 Å². The first kappa shape index (κ1) is 15.1. The molecule has 23 heavy (non-hydrogen) atoms. The number of carbonyl (C=O) groups is 1. The third kappa shape index (κ3) is 3.53. The lowest BCUT2D eigenvalue weighted by Gasteiger charge is -2.24. The van der Waals surface area contributed by atoms with E-state index < -0.39 is 6.17 Å². The number of amides is 1. The van der Waals surface area contributed by atoms with E-state index in [0.29, 0.717) is 17.8 Å². The molecule has 0 bridgehead atoms. The number of anilines is 1. The monoisotopic (exact) mass is 317 g/mol. The standard InChI is InChI=1S/C15H16FN5O2/c16-11-6-12(21(9-11)13-2-1-5-19-20-13)8-18-15(23)10-3-4-14(22)17-7-10/h1-5,7,11-12H,6,8-9H2,(H,17,22)(H,18,23)/t11-,12-/m0/s1. The number of aromatic nitrogens is 3. The van der Waals surface area contributed by atoms with Gasteiger partial charge in [-0.25, -0.2) is 4.39 Å². The Morgan fingerprint density at radius 1 is 1.43 bits per heavy atom. The third-order valence-corrected chi connectivity index (χ3v) is 3.76. The highest BCUT2D eigenvalue weighted by Crippen LogP contribution is 2.24. The predicted octanol–water partition coefficient (Wildman–Crippen LogP) is 0.512. The number of halogens is 1. The summed E-state index contributed by atoms with van der Waals surface area (Å²) < 4.78 is 13.8. The number of alkyl halides is 1. The first-order valence-electron chi connectivity index (χ1n) is 7.29. The average molecular weight is 317 g/mol. The molecule has 0 aliphatic carbocycles. The molecule has 0 radical (unpaired) electrons. The molecule has 0 saturated carbocycles. The second-order valence-electron chi connectivity index (χ2n) is 5.37. The molecule has 2 aromatic rings. The van der Waals surface area contributed by atoms with Gasteiger partial charge in [-0.3, -0.25) is 9.59 Å². The van der Waals surface area contributed by atoms with Crippen LogP contribution in [0.25, 0.3) is 0 Å². The van der Waals surface area contributed by atoms with Crippen LogP contribution in [0.5, 0.6) is 0 Å². The van der Waals surface area contributed by atoms with Crippen LogP contribution in [0, 0.1) is 0 Å². The van der Waals surface area contributed by atoms with E-state index >= 15 is 0 Å². The van der Waals surface area contributed by atoms with E-state index in [-0.39, 0.29) is 30.6 Å². The quantitative estimate of drug-likeness (QED) is 0.857. The number of aromatic amines is 1. The normalized spacial score (nSPS) is 20.5. The maximum absolute atomic E-state index is 13.8. The summed E-state index contributed by atoms with van der Waals surface area (Å²) in [6.07, 6.45) is 2.26. The van der Waals surface area contributed by atoms with Crippen LogP contribution in [0.2, 0.25) is 0 Å². The largest absolute Gasteiger partial charge is 0.350 e. The molecule has 3 rings (SSSR count).